The maximum Gasteiger partial charge on any atom is 0.243 e. The Balaban J connectivity index is 1.68. The molecule has 0 radical (unpaired) electrons. The van der Waals surface area contributed by atoms with E-state index in [0.717, 1.165) is 5.69 Å². The first-order valence-corrected chi connectivity index (χ1v) is 18.9. The Morgan fingerprint density at radius 1 is 0.736 bits per heavy atom. The Labute approximate surface area is 314 Å². The number of nitrogens with two attached hydrogens (primary N) is 2. The van der Waals surface area contributed by atoms with Crippen molar-refractivity contribution in [2.24, 2.45) is 16.5 Å². The number of carbonyl (C=O) groups is 4. The van der Waals surface area contributed by atoms with Crippen LogP contribution in [0.1, 0.15) is 24.0 Å². The minimum Gasteiger partial charge on any atom is -0.377 e. The highest BCUT2D eigenvalue weighted by atomic mass is 35.5. The minimum atomic E-state index is -4.32. The van der Waals surface area contributed by atoms with Crippen LogP contribution in [-0.4, -0.2) is 82.4 Å². The lowest BCUT2D eigenvalue weighted by molar-refractivity contribution is -0.138. The summed E-state index contributed by atoms with van der Waals surface area (Å²) in [5.41, 5.74) is 13.0. The molecule has 4 rings (SSSR count). The van der Waals surface area contributed by atoms with Crippen molar-refractivity contribution in [2.75, 3.05) is 31.4 Å². The first-order valence-electron chi connectivity index (χ1n) is 16.9. The number of alkyl halides is 1. The summed E-state index contributed by atoms with van der Waals surface area (Å²) >= 11 is 5.67. The predicted octanol–water partition coefficient (Wildman–Crippen LogP) is 2.44. The van der Waals surface area contributed by atoms with Crippen LogP contribution in [0.25, 0.3) is 10.8 Å². The molecule has 0 bridgehead atoms. The molecular weight excluding hydrogens is 718 g/mol. The SMILES string of the molecule is CN(C)c1cccc2c(S(=O)(=O)N[C@H](Cc3ccccc3)C(=O)N[C@@H](Cc3ccccc3)C(=O)N[C@@H](CCCN=C(N)N)C(=O)C(=O)CCl)cccc12. The maximum absolute atomic E-state index is 14.2. The number of amides is 2. The molecule has 7 N–H and O–H groups in total. The average molecular weight is 762 g/mol. The number of hydrogen-bond acceptors (Lipinski definition) is 8. The number of halogens is 1. The number of nitrogens with zero attached hydrogens (tertiary/aromatic N) is 2. The van der Waals surface area contributed by atoms with E-state index in [1.807, 2.05) is 31.1 Å². The summed E-state index contributed by atoms with van der Waals surface area (Å²) in [7, 11) is -0.607. The third kappa shape index (κ3) is 11.3. The number of Topliss-reactive ketones (excluding diaryl/α,β-unsaturated/α-hetero) is 2. The van der Waals surface area contributed by atoms with Crippen molar-refractivity contribution in [1.82, 2.24) is 15.4 Å². The van der Waals surface area contributed by atoms with Crippen LogP contribution in [-0.2, 0) is 42.0 Å². The molecule has 0 saturated heterocycles. The fourth-order valence-corrected chi connectivity index (χ4v) is 7.36. The van der Waals surface area contributed by atoms with Crippen LogP contribution in [0.3, 0.4) is 0 Å². The maximum atomic E-state index is 14.2. The first-order chi connectivity index (χ1) is 25.3. The summed E-state index contributed by atoms with van der Waals surface area (Å²) in [6.45, 7) is 0.135. The van der Waals surface area contributed by atoms with Crippen LogP contribution in [0.4, 0.5) is 5.69 Å². The topological polar surface area (TPSA) is 206 Å². The molecule has 2 amide bonds. The second-order valence-corrected chi connectivity index (χ2v) is 14.5. The summed E-state index contributed by atoms with van der Waals surface area (Å²) in [6.07, 6.45) is 0.186. The number of carbonyl (C=O) groups excluding carboxylic acids is 4. The normalized spacial score (nSPS) is 13.0. The Hall–Kier alpha value is -5.31. The summed E-state index contributed by atoms with van der Waals surface area (Å²) in [5, 5.41) is 6.51. The number of nitrogens with one attached hydrogen (secondary N) is 3. The third-order valence-electron chi connectivity index (χ3n) is 8.42. The number of anilines is 1. The summed E-state index contributed by atoms with van der Waals surface area (Å²) < 4.78 is 30.9. The van der Waals surface area contributed by atoms with Crippen molar-refractivity contribution in [3.63, 3.8) is 0 Å². The van der Waals surface area contributed by atoms with Crippen LogP contribution < -0.4 is 31.7 Å². The van der Waals surface area contributed by atoms with E-state index < -0.39 is 57.4 Å². The number of sulfonamides is 1. The van der Waals surface area contributed by atoms with E-state index in [2.05, 4.69) is 20.3 Å². The zero-order valence-corrected chi connectivity index (χ0v) is 31.1. The van der Waals surface area contributed by atoms with Crippen molar-refractivity contribution < 1.29 is 27.6 Å². The second-order valence-electron chi connectivity index (χ2n) is 12.6. The molecule has 280 valence electrons. The Morgan fingerprint density at radius 2 is 1.28 bits per heavy atom. The average Bonchev–Trinajstić information content (AvgIpc) is 3.14. The molecule has 0 aliphatic heterocycles. The summed E-state index contributed by atoms with van der Waals surface area (Å²) in [6, 6.07) is 24.0. The fraction of sp³-hybridized carbons (Fsp3) is 0.289. The lowest BCUT2D eigenvalue weighted by Gasteiger charge is -2.25. The molecule has 0 spiro atoms. The van der Waals surface area contributed by atoms with Gasteiger partial charge in [-0.1, -0.05) is 84.9 Å². The fourth-order valence-electron chi connectivity index (χ4n) is 5.81. The third-order valence-corrected chi connectivity index (χ3v) is 10.2. The molecule has 0 aromatic heterocycles. The van der Waals surface area contributed by atoms with E-state index in [1.165, 1.54) is 6.07 Å². The van der Waals surface area contributed by atoms with Gasteiger partial charge in [-0.15, -0.1) is 11.6 Å². The zero-order chi connectivity index (χ0) is 38.5. The highest BCUT2D eigenvalue weighted by Crippen LogP contribution is 2.30. The Morgan fingerprint density at radius 3 is 1.87 bits per heavy atom. The molecule has 4 aromatic carbocycles. The van der Waals surface area contributed by atoms with Gasteiger partial charge >= 0.3 is 0 Å². The van der Waals surface area contributed by atoms with E-state index >= 15 is 0 Å². The van der Waals surface area contributed by atoms with Crippen molar-refractivity contribution in [1.29, 1.82) is 0 Å². The van der Waals surface area contributed by atoms with Gasteiger partial charge in [0.05, 0.1) is 16.8 Å². The molecule has 13 nitrogen and oxygen atoms in total. The number of ketones is 2. The van der Waals surface area contributed by atoms with E-state index in [9.17, 15) is 27.6 Å². The Bertz CT molecular complexity index is 2040. The van der Waals surface area contributed by atoms with Crippen LogP contribution in [0, 0.1) is 0 Å². The molecule has 0 saturated carbocycles. The van der Waals surface area contributed by atoms with Gasteiger partial charge in [0.1, 0.15) is 12.1 Å². The zero-order valence-electron chi connectivity index (χ0n) is 29.5. The number of guanidine groups is 1. The second kappa shape index (κ2) is 19.0. The van der Waals surface area contributed by atoms with E-state index in [-0.39, 0.29) is 43.1 Å². The van der Waals surface area contributed by atoms with Gasteiger partial charge in [0.15, 0.2) is 5.96 Å². The number of benzene rings is 4. The van der Waals surface area contributed by atoms with Crippen LogP contribution in [0.5, 0.6) is 0 Å². The monoisotopic (exact) mass is 761 g/mol. The van der Waals surface area contributed by atoms with Gasteiger partial charge in [0, 0.05) is 43.5 Å². The molecule has 4 aromatic rings. The molecule has 53 heavy (non-hydrogen) atoms. The highest BCUT2D eigenvalue weighted by Gasteiger charge is 2.33. The van der Waals surface area contributed by atoms with Gasteiger partial charge in [-0.3, -0.25) is 24.2 Å². The number of fused-ring (bicyclic) bond motifs is 1. The van der Waals surface area contributed by atoms with Gasteiger partial charge < -0.3 is 27.0 Å². The summed E-state index contributed by atoms with van der Waals surface area (Å²) in [4.78, 5) is 59.2. The van der Waals surface area contributed by atoms with Crippen molar-refractivity contribution in [3.8, 4) is 0 Å². The van der Waals surface area contributed by atoms with Gasteiger partial charge in [-0.25, -0.2) is 8.42 Å². The van der Waals surface area contributed by atoms with Gasteiger partial charge in [0.2, 0.25) is 33.4 Å². The molecular formula is C38H44ClN7O6S. The molecule has 3 atom stereocenters. The van der Waals surface area contributed by atoms with E-state index in [1.54, 1.807) is 78.9 Å². The largest absolute Gasteiger partial charge is 0.377 e. The van der Waals surface area contributed by atoms with Crippen molar-refractivity contribution >= 4 is 67.4 Å². The molecule has 0 unspecified atom stereocenters. The first kappa shape index (κ1) is 40.5. The summed E-state index contributed by atoms with van der Waals surface area (Å²) in [5.74, 6) is -4.10. The smallest absolute Gasteiger partial charge is 0.243 e. The number of rotatable bonds is 19. The van der Waals surface area contributed by atoms with E-state index in [4.69, 9.17) is 23.1 Å². The van der Waals surface area contributed by atoms with Gasteiger partial charge in [0.25, 0.3) is 0 Å². The van der Waals surface area contributed by atoms with Gasteiger partial charge in [-0.05, 0) is 42.5 Å². The molecule has 0 heterocycles. The quantitative estimate of drug-likeness (QED) is 0.0312. The lowest BCUT2D eigenvalue weighted by atomic mass is 10.0. The van der Waals surface area contributed by atoms with Crippen LogP contribution in [0.15, 0.2) is 107 Å². The van der Waals surface area contributed by atoms with E-state index in [0.29, 0.717) is 21.9 Å². The minimum absolute atomic E-state index is 0.00693. The highest BCUT2D eigenvalue weighted by molar-refractivity contribution is 7.89. The molecule has 15 heteroatoms. The van der Waals surface area contributed by atoms with Crippen LogP contribution in [0.2, 0.25) is 0 Å². The Kier molecular flexibility index (Phi) is 14.5. The number of aliphatic imine (C=N–C) groups is 1. The van der Waals surface area contributed by atoms with Gasteiger partial charge in [-0.2, -0.15) is 4.72 Å². The lowest BCUT2D eigenvalue weighted by Crippen LogP contribution is -2.57. The number of hydrogen-bond donors (Lipinski definition) is 5. The standard InChI is InChI=1S/C38H44ClN7O6S/c1-46(2)32-19-9-17-28-27(32)16-10-20-34(28)53(51,52)45-31(23-26-14-7-4-8-15-26)37(50)44-30(22-25-12-5-3-6-13-25)36(49)43-29(35(48)33(47)24-39)18-11-21-42-38(40)41/h3-10,12-17,19-20,29-31,45H,11,18,21-24H2,1-2H3,(H,43,49)(H,44,50)(H4,40,41,42)/t29-,30-,31+/m0/s1. The van der Waals surface area contributed by atoms with Crippen molar-refractivity contribution in [2.45, 2.75) is 48.7 Å². The van der Waals surface area contributed by atoms with Crippen molar-refractivity contribution in [3.05, 3.63) is 108 Å². The molecule has 0 fully saturated rings. The predicted molar refractivity (Wildman–Crippen MR) is 207 cm³/mol. The molecule has 0 aliphatic carbocycles. The molecule has 0 aliphatic rings. The van der Waals surface area contributed by atoms with Crippen LogP contribution >= 0.6 is 11.6 Å².